The molecular weight excluding hydrogens is 282 g/mol. The minimum absolute atomic E-state index is 0.183. The largest absolute Gasteiger partial charge is 0.481 e. The molecule has 0 unspecified atom stereocenters. The first-order valence-corrected chi connectivity index (χ1v) is 7.25. The van der Waals surface area contributed by atoms with Gasteiger partial charge < -0.3 is 14.4 Å². The number of benzene rings is 1. The van der Waals surface area contributed by atoms with Gasteiger partial charge in [-0.25, -0.2) is 0 Å². The van der Waals surface area contributed by atoms with Crippen LogP contribution in [-0.4, -0.2) is 35.0 Å². The zero-order chi connectivity index (χ0) is 15.6. The molecule has 0 bridgehead atoms. The van der Waals surface area contributed by atoms with E-state index in [-0.39, 0.29) is 5.91 Å². The second-order valence-corrected chi connectivity index (χ2v) is 5.52. The summed E-state index contributed by atoms with van der Waals surface area (Å²) in [6.45, 7) is 0.807. The number of carboxylic acids is 1. The third-order valence-electron chi connectivity index (χ3n) is 4.37. The standard InChI is InChI=1S/C17H17NO4/c19-15(14-7-4-12-22-14)18-10-8-17(9-11-18,16(20)21)13-5-2-1-3-6-13/h1-7,12H,8-11H2,(H,20,21). The van der Waals surface area contributed by atoms with Crippen molar-refractivity contribution in [2.75, 3.05) is 13.1 Å². The van der Waals surface area contributed by atoms with Crippen molar-refractivity contribution in [3.05, 3.63) is 60.1 Å². The van der Waals surface area contributed by atoms with E-state index in [0.29, 0.717) is 31.7 Å². The number of nitrogens with zero attached hydrogens (tertiary/aromatic N) is 1. The number of rotatable bonds is 3. The lowest BCUT2D eigenvalue weighted by Crippen LogP contribution is -2.49. The van der Waals surface area contributed by atoms with Crippen LogP contribution < -0.4 is 0 Å². The van der Waals surface area contributed by atoms with Gasteiger partial charge in [0.05, 0.1) is 11.7 Å². The second kappa shape index (κ2) is 5.67. The Bertz CT molecular complexity index is 655. The molecule has 1 amide bonds. The molecule has 1 aliphatic heterocycles. The van der Waals surface area contributed by atoms with E-state index < -0.39 is 11.4 Å². The number of piperidine rings is 1. The van der Waals surface area contributed by atoms with Gasteiger partial charge in [0.1, 0.15) is 0 Å². The number of carbonyl (C=O) groups is 2. The van der Waals surface area contributed by atoms with Crippen molar-refractivity contribution >= 4 is 11.9 Å². The van der Waals surface area contributed by atoms with Gasteiger partial charge in [0.25, 0.3) is 5.91 Å². The van der Waals surface area contributed by atoms with Crippen molar-refractivity contribution < 1.29 is 19.1 Å². The van der Waals surface area contributed by atoms with E-state index >= 15 is 0 Å². The van der Waals surface area contributed by atoms with Crippen molar-refractivity contribution in [2.24, 2.45) is 0 Å². The van der Waals surface area contributed by atoms with Crippen LogP contribution in [0.1, 0.15) is 29.0 Å². The third kappa shape index (κ3) is 2.39. The smallest absolute Gasteiger partial charge is 0.314 e. The number of amides is 1. The molecule has 1 N–H and O–H groups in total. The molecule has 0 saturated carbocycles. The van der Waals surface area contributed by atoms with Crippen LogP contribution in [0.5, 0.6) is 0 Å². The normalized spacial score (nSPS) is 17.2. The Kier molecular flexibility index (Phi) is 3.71. The van der Waals surface area contributed by atoms with Gasteiger partial charge in [-0.15, -0.1) is 0 Å². The average Bonchev–Trinajstić information content (AvgIpc) is 3.09. The van der Waals surface area contributed by atoms with Crippen molar-refractivity contribution in [3.8, 4) is 0 Å². The van der Waals surface area contributed by atoms with Crippen molar-refractivity contribution in [1.82, 2.24) is 4.90 Å². The third-order valence-corrected chi connectivity index (χ3v) is 4.37. The summed E-state index contributed by atoms with van der Waals surface area (Å²) in [6, 6.07) is 12.5. The zero-order valence-corrected chi connectivity index (χ0v) is 12.1. The molecule has 3 rings (SSSR count). The van der Waals surface area contributed by atoms with Crippen LogP contribution in [0.2, 0.25) is 0 Å². The van der Waals surface area contributed by atoms with Crippen LogP contribution in [0.15, 0.2) is 53.1 Å². The molecule has 1 aliphatic rings. The first kappa shape index (κ1) is 14.4. The zero-order valence-electron chi connectivity index (χ0n) is 12.1. The molecule has 22 heavy (non-hydrogen) atoms. The maximum Gasteiger partial charge on any atom is 0.314 e. The lowest BCUT2D eigenvalue weighted by atomic mass is 9.73. The van der Waals surface area contributed by atoms with Gasteiger partial charge in [-0.1, -0.05) is 30.3 Å². The van der Waals surface area contributed by atoms with E-state index in [4.69, 9.17) is 4.42 Å². The maximum absolute atomic E-state index is 12.3. The molecule has 1 aromatic heterocycles. The summed E-state index contributed by atoms with van der Waals surface area (Å²) in [5.74, 6) is -0.719. The minimum atomic E-state index is -0.915. The van der Waals surface area contributed by atoms with Crippen LogP contribution in [-0.2, 0) is 10.2 Å². The molecule has 1 fully saturated rings. The van der Waals surface area contributed by atoms with E-state index in [1.165, 1.54) is 6.26 Å². The number of furan rings is 1. The molecule has 5 heteroatoms. The van der Waals surface area contributed by atoms with Gasteiger partial charge in [0, 0.05) is 13.1 Å². The summed E-state index contributed by atoms with van der Waals surface area (Å²) in [4.78, 5) is 25.8. The first-order chi connectivity index (χ1) is 10.6. The highest BCUT2D eigenvalue weighted by atomic mass is 16.4. The van der Waals surface area contributed by atoms with Crippen LogP contribution in [0.25, 0.3) is 0 Å². The molecule has 114 valence electrons. The molecule has 0 atom stereocenters. The second-order valence-electron chi connectivity index (χ2n) is 5.52. The lowest BCUT2D eigenvalue weighted by molar-refractivity contribution is -0.145. The van der Waals surface area contributed by atoms with Gasteiger partial charge in [0.15, 0.2) is 5.76 Å². The van der Waals surface area contributed by atoms with E-state index in [2.05, 4.69) is 0 Å². The van der Waals surface area contributed by atoms with E-state index in [9.17, 15) is 14.7 Å². The predicted octanol–water partition coefficient (Wildman–Crippen LogP) is 2.54. The summed E-state index contributed by atoms with van der Waals surface area (Å²) >= 11 is 0. The fraction of sp³-hybridized carbons (Fsp3) is 0.294. The van der Waals surface area contributed by atoms with Crippen LogP contribution >= 0.6 is 0 Å². The Morgan fingerprint density at radius 3 is 2.27 bits per heavy atom. The Balaban J connectivity index is 1.79. The Labute approximate surface area is 128 Å². The van der Waals surface area contributed by atoms with Crippen LogP contribution in [0.4, 0.5) is 0 Å². The van der Waals surface area contributed by atoms with Crippen molar-refractivity contribution in [2.45, 2.75) is 18.3 Å². The molecule has 0 radical (unpaired) electrons. The Morgan fingerprint density at radius 2 is 1.73 bits per heavy atom. The number of carboxylic acid groups (broad SMARTS) is 1. The summed E-state index contributed by atoms with van der Waals surface area (Å²) < 4.78 is 5.13. The molecule has 0 spiro atoms. The van der Waals surface area contributed by atoms with Crippen molar-refractivity contribution in [3.63, 3.8) is 0 Å². The van der Waals surface area contributed by atoms with Gasteiger partial charge in [-0.3, -0.25) is 9.59 Å². The monoisotopic (exact) mass is 299 g/mol. The molecule has 1 saturated heterocycles. The SMILES string of the molecule is O=C(c1ccco1)N1CCC(C(=O)O)(c2ccccc2)CC1. The summed E-state index contributed by atoms with van der Waals surface area (Å²) in [6.07, 6.45) is 2.26. The molecule has 5 nitrogen and oxygen atoms in total. The fourth-order valence-corrected chi connectivity index (χ4v) is 3.03. The topological polar surface area (TPSA) is 70.8 Å². The Morgan fingerprint density at radius 1 is 1.05 bits per heavy atom. The molecule has 1 aromatic carbocycles. The lowest BCUT2D eigenvalue weighted by Gasteiger charge is -2.38. The summed E-state index contributed by atoms with van der Waals surface area (Å²) in [5.41, 5.74) is -0.117. The quantitative estimate of drug-likeness (QED) is 0.945. The fourth-order valence-electron chi connectivity index (χ4n) is 3.03. The molecule has 0 aliphatic carbocycles. The molecule has 2 aromatic rings. The highest BCUT2D eigenvalue weighted by Gasteiger charge is 2.44. The first-order valence-electron chi connectivity index (χ1n) is 7.25. The predicted molar refractivity (Wildman–Crippen MR) is 79.6 cm³/mol. The van der Waals surface area contributed by atoms with Gasteiger partial charge in [-0.05, 0) is 30.5 Å². The summed E-state index contributed by atoms with van der Waals surface area (Å²) in [7, 11) is 0. The highest BCUT2D eigenvalue weighted by molar-refractivity contribution is 5.92. The van der Waals surface area contributed by atoms with Gasteiger partial charge in [0.2, 0.25) is 0 Å². The summed E-state index contributed by atoms with van der Waals surface area (Å²) in [5, 5.41) is 9.73. The minimum Gasteiger partial charge on any atom is -0.481 e. The van der Waals surface area contributed by atoms with E-state index in [0.717, 1.165) is 5.56 Å². The van der Waals surface area contributed by atoms with Crippen LogP contribution in [0.3, 0.4) is 0 Å². The number of aliphatic carboxylic acids is 1. The number of hydrogen-bond donors (Lipinski definition) is 1. The number of carbonyl (C=O) groups excluding carboxylic acids is 1. The molecular formula is C17H17NO4. The average molecular weight is 299 g/mol. The van der Waals surface area contributed by atoms with Crippen LogP contribution in [0, 0.1) is 0 Å². The number of likely N-dealkylation sites (tertiary alicyclic amines) is 1. The number of hydrogen-bond acceptors (Lipinski definition) is 3. The van der Waals surface area contributed by atoms with Gasteiger partial charge in [-0.2, -0.15) is 0 Å². The Hall–Kier alpha value is -2.56. The van der Waals surface area contributed by atoms with Crippen molar-refractivity contribution in [1.29, 1.82) is 0 Å². The van der Waals surface area contributed by atoms with Gasteiger partial charge >= 0.3 is 5.97 Å². The highest BCUT2D eigenvalue weighted by Crippen LogP contribution is 2.36. The molecule has 2 heterocycles. The maximum atomic E-state index is 12.3. The van der Waals surface area contributed by atoms with E-state index in [1.807, 2.05) is 30.3 Å². The van der Waals surface area contributed by atoms with E-state index in [1.54, 1.807) is 17.0 Å².